The maximum Gasteiger partial charge on any atom is 0.255 e. The van der Waals surface area contributed by atoms with Gasteiger partial charge in [0.25, 0.3) is 5.91 Å². The van der Waals surface area contributed by atoms with E-state index in [1.54, 1.807) is 30.3 Å². The first-order chi connectivity index (χ1) is 14.4. The number of hydrogen-bond donors (Lipinski definition) is 2. The SMILES string of the molecule is CC(=O)c1ccc(C(=O)Nc2cc(NC(=O)CCC3CCCCC3)ccc2C)cc1. The highest BCUT2D eigenvalue weighted by Crippen LogP contribution is 2.27. The first kappa shape index (κ1) is 21.8. The highest BCUT2D eigenvalue weighted by molar-refractivity contribution is 6.06. The summed E-state index contributed by atoms with van der Waals surface area (Å²) in [6.07, 6.45) is 7.83. The third kappa shape index (κ3) is 6.02. The van der Waals surface area contributed by atoms with Crippen LogP contribution < -0.4 is 10.6 Å². The molecule has 1 fully saturated rings. The van der Waals surface area contributed by atoms with Crippen molar-refractivity contribution in [2.24, 2.45) is 5.92 Å². The van der Waals surface area contributed by atoms with Crippen molar-refractivity contribution in [1.82, 2.24) is 0 Å². The molecule has 158 valence electrons. The predicted molar refractivity (Wildman–Crippen MR) is 120 cm³/mol. The van der Waals surface area contributed by atoms with Gasteiger partial charge in [-0.1, -0.05) is 50.3 Å². The van der Waals surface area contributed by atoms with Crippen LogP contribution in [0.3, 0.4) is 0 Å². The van der Waals surface area contributed by atoms with Crippen LogP contribution in [0.2, 0.25) is 0 Å². The zero-order valence-corrected chi connectivity index (χ0v) is 17.8. The molecule has 0 heterocycles. The summed E-state index contributed by atoms with van der Waals surface area (Å²) < 4.78 is 0. The number of carbonyl (C=O) groups excluding carboxylic acids is 3. The molecule has 0 unspecified atom stereocenters. The largest absolute Gasteiger partial charge is 0.326 e. The quantitative estimate of drug-likeness (QED) is 0.575. The van der Waals surface area contributed by atoms with Crippen LogP contribution in [0, 0.1) is 12.8 Å². The Hall–Kier alpha value is -2.95. The van der Waals surface area contributed by atoms with E-state index in [9.17, 15) is 14.4 Å². The second-order valence-electron chi connectivity index (χ2n) is 8.21. The maximum absolute atomic E-state index is 12.6. The third-order valence-corrected chi connectivity index (χ3v) is 5.83. The van der Waals surface area contributed by atoms with E-state index in [-0.39, 0.29) is 17.6 Å². The summed E-state index contributed by atoms with van der Waals surface area (Å²) in [5.74, 6) is 0.395. The number of ketones is 1. The molecular weight excluding hydrogens is 376 g/mol. The molecule has 1 saturated carbocycles. The van der Waals surface area contributed by atoms with Gasteiger partial charge in [0.05, 0.1) is 0 Å². The standard InChI is InChI=1S/C25H30N2O3/c1-17-8-14-22(26-24(29)15-9-19-6-4-3-5-7-19)16-23(17)27-25(30)21-12-10-20(11-13-21)18(2)28/h8,10-14,16,19H,3-7,9,15H2,1-2H3,(H,26,29)(H,27,30). The molecule has 2 aromatic carbocycles. The lowest BCUT2D eigenvalue weighted by atomic mass is 9.86. The van der Waals surface area contributed by atoms with Crippen LogP contribution in [0.1, 0.15) is 78.1 Å². The van der Waals surface area contributed by atoms with E-state index < -0.39 is 0 Å². The summed E-state index contributed by atoms with van der Waals surface area (Å²) in [5.41, 5.74) is 3.28. The molecule has 0 aromatic heterocycles. The summed E-state index contributed by atoms with van der Waals surface area (Å²) >= 11 is 0. The summed E-state index contributed by atoms with van der Waals surface area (Å²) in [7, 11) is 0. The third-order valence-electron chi connectivity index (χ3n) is 5.83. The molecule has 2 aromatic rings. The van der Waals surface area contributed by atoms with E-state index in [2.05, 4.69) is 10.6 Å². The van der Waals surface area contributed by atoms with Crippen molar-refractivity contribution in [1.29, 1.82) is 0 Å². The average Bonchev–Trinajstić information content (AvgIpc) is 2.75. The Morgan fingerprint density at radius 1 is 0.900 bits per heavy atom. The fraction of sp³-hybridized carbons (Fsp3) is 0.400. The summed E-state index contributed by atoms with van der Waals surface area (Å²) in [5, 5.41) is 5.85. The topological polar surface area (TPSA) is 75.3 Å². The Kier molecular flexibility index (Phi) is 7.39. The molecule has 1 aliphatic rings. The number of nitrogens with one attached hydrogen (secondary N) is 2. The molecule has 0 saturated heterocycles. The lowest BCUT2D eigenvalue weighted by Gasteiger charge is -2.21. The summed E-state index contributed by atoms with van der Waals surface area (Å²) in [4.78, 5) is 36.3. The molecular formula is C25H30N2O3. The monoisotopic (exact) mass is 406 g/mol. The van der Waals surface area contributed by atoms with Crippen LogP contribution >= 0.6 is 0 Å². The first-order valence-electron chi connectivity index (χ1n) is 10.8. The fourth-order valence-electron chi connectivity index (χ4n) is 3.92. The van der Waals surface area contributed by atoms with Gasteiger partial charge in [-0.15, -0.1) is 0 Å². The minimum atomic E-state index is -0.256. The number of benzene rings is 2. The van der Waals surface area contributed by atoms with E-state index >= 15 is 0 Å². The smallest absolute Gasteiger partial charge is 0.255 e. The van der Waals surface area contributed by atoms with Crippen molar-refractivity contribution < 1.29 is 14.4 Å². The van der Waals surface area contributed by atoms with Crippen LogP contribution in [0.25, 0.3) is 0 Å². The highest BCUT2D eigenvalue weighted by atomic mass is 16.2. The number of aryl methyl sites for hydroxylation is 1. The number of carbonyl (C=O) groups is 3. The molecule has 5 nitrogen and oxygen atoms in total. The van der Waals surface area contributed by atoms with Gasteiger partial charge in [0.1, 0.15) is 0 Å². The number of anilines is 2. The van der Waals surface area contributed by atoms with Gasteiger partial charge < -0.3 is 10.6 Å². The number of amides is 2. The van der Waals surface area contributed by atoms with Gasteiger partial charge in [0, 0.05) is 28.9 Å². The van der Waals surface area contributed by atoms with E-state index in [1.165, 1.54) is 39.0 Å². The van der Waals surface area contributed by atoms with Gasteiger partial charge in [0.15, 0.2) is 5.78 Å². The number of Topliss-reactive ketones (excluding diaryl/α,β-unsaturated/α-hetero) is 1. The van der Waals surface area contributed by atoms with Crippen molar-refractivity contribution in [2.45, 2.75) is 58.8 Å². The van der Waals surface area contributed by atoms with Crippen molar-refractivity contribution in [2.75, 3.05) is 10.6 Å². The Morgan fingerprint density at radius 3 is 2.23 bits per heavy atom. The van der Waals surface area contributed by atoms with Gasteiger partial charge in [-0.05, 0) is 56.0 Å². The molecule has 0 atom stereocenters. The summed E-state index contributed by atoms with van der Waals surface area (Å²) in [6.45, 7) is 3.40. The van der Waals surface area contributed by atoms with Crippen molar-refractivity contribution >= 4 is 29.0 Å². The zero-order chi connectivity index (χ0) is 21.5. The van der Waals surface area contributed by atoms with Crippen molar-refractivity contribution in [3.8, 4) is 0 Å². The molecule has 0 aliphatic heterocycles. The molecule has 5 heteroatoms. The van der Waals surface area contributed by atoms with Gasteiger partial charge >= 0.3 is 0 Å². The van der Waals surface area contributed by atoms with E-state index in [0.717, 1.165) is 12.0 Å². The Morgan fingerprint density at radius 2 is 1.57 bits per heavy atom. The van der Waals surface area contributed by atoms with Gasteiger partial charge in [-0.3, -0.25) is 14.4 Å². The normalized spacial score (nSPS) is 14.2. The lowest BCUT2D eigenvalue weighted by molar-refractivity contribution is -0.116. The fourth-order valence-corrected chi connectivity index (χ4v) is 3.92. The first-order valence-corrected chi connectivity index (χ1v) is 10.8. The molecule has 2 amide bonds. The molecule has 0 radical (unpaired) electrons. The van der Waals surface area contributed by atoms with E-state index in [0.29, 0.717) is 34.8 Å². The second-order valence-corrected chi connectivity index (χ2v) is 8.21. The molecule has 0 bridgehead atoms. The van der Waals surface area contributed by atoms with Crippen LogP contribution in [0.15, 0.2) is 42.5 Å². The number of rotatable bonds is 7. The average molecular weight is 407 g/mol. The Labute approximate surface area is 178 Å². The Bertz CT molecular complexity index is 912. The van der Waals surface area contributed by atoms with Crippen LogP contribution in [0.4, 0.5) is 11.4 Å². The van der Waals surface area contributed by atoms with Crippen molar-refractivity contribution in [3.05, 3.63) is 59.2 Å². The molecule has 1 aliphatic carbocycles. The Balaban J connectivity index is 1.59. The van der Waals surface area contributed by atoms with Gasteiger partial charge in [0.2, 0.25) is 5.91 Å². The van der Waals surface area contributed by atoms with Crippen molar-refractivity contribution in [3.63, 3.8) is 0 Å². The number of hydrogen-bond acceptors (Lipinski definition) is 3. The van der Waals surface area contributed by atoms with Gasteiger partial charge in [-0.25, -0.2) is 0 Å². The second kappa shape index (κ2) is 10.2. The molecule has 0 spiro atoms. The van der Waals surface area contributed by atoms with Crippen LogP contribution in [0.5, 0.6) is 0 Å². The van der Waals surface area contributed by atoms with Gasteiger partial charge in [-0.2, -0.15) is 0 Å². The molecule has 2 N–H and O–H groups in total. The van der Waals surface area contributed by atoms with E-state index in [4.69, 9.17) is 0 Å². The summed E-state index contributed by atoms with van der Waals surface area (Å²) in [6, 6.07) is 12.1. The minimum Gasteiger partial charge on any atom is -0.326 e. The lowest BCUT2D eigenvalue weighted by Crippen LogP contribution is -2.16. The predicted octanol–water partition coefficient (Wildman–Crippen LogP) is 5.75. The van der Waals surface area contributed by atoms with Crippen LogP contribution in [-0.4, -0.2) is 17.6 Å². The van der Waals surface area contributed by atoms with E-state index in [1.807, 2.05) is 19.1 Å². The molecule has 3 rings (SSSR count). The van der Waals surface area contributed by atoms with Crippen LogP contribution in [-0.2, 0) is 4.79 Å². The maximum atomic E-state index is 12.6. The minimum absolute atomic E-state index is 0.0153. The molecule has 30 heavy (non-hydrogen) atoms. The zero-order valence-electron chi connectivity index (χ0n) is 17.8. The highest BCUT2D eigenvalue weighted by Gasteiger charge is 2.15.